The van der Waals surface area contributed by atoms with Crippen LogP contribution in [-0.4, -0.2) is 4.98 Å². The van der Waals surface area contributed by atoms with E-state index in [9.17, 15) is 0 Å². The van der Waals surface area contributed by atoms with Gasteiger partial charge in [0.2, 0.25) is 0 Å². The molecule has 0 fully saturated rings. The van der Waals surface area contributed by atoms with Crippen molar-refractivity contribution in [3.63, 3.8) is 0 Å². The molecule has 1 atom stereocenters. The molecule has 0 spiro atoms. The molecule has 0 aliphatic carbocycles. The number of hydrogen-bond donors (Lipinski definition) is 1. The lowest BCUT2D eigenvalue weighted by Gasteiger charge is -2.16. The summed E-state index contributed by atoms with van der Waals surface area (Å²) >= 11 is 0. The zero-order valence-electron chi connectivity index (χ0n) is 7.91. The summed E-state index contributed by atoms with van der Waals surface area (Å²) in [6.45, 7) is 6.56. The van der Waals surface area contributed by atoms with E-state index in [2.05, 4.69) is 25.8 Å². The highest BCUT2D eigenvalue weighted by atomic mass is 14.8. The Morgan fingerprint density at radius 3 is 2.50 bits per heavy atom. The first kappa shape index (κ1) is 9.04. The number of hydrogen-bond acceptors (Lipinski definition) is 2. The zero-order valence-corrected chi connectivity index (χ0v) is 7.91. The molecular formula is C10H16N2. The van der Waals surface area contributed by atoms with E-state index in [4.69, 9.17) is 5.73 Å². The van der Waals surface area contributed by atoms with Gasteiger partial charge in [-0.2, -0.15) is 0 Å². The summed E-state index contributed by atoms with van der Waals surface area (Å²) in [5.41, 5.74) is 6.91. The lowest BCUT2D eigenvalue weighted by molar-refractivity contribution is 0.535. The third-order valence-electron chi connectivity index (χ3n) is 2.36. The summed E-state index contributed by atoms with van der Waals surface area (Å²) in [7, 11) is 0. The number of anilines is 1. The fourth-order valence-corrected chi connectivity index (χ4v) is 1.17. The lowest BCUT2D eigenvalue weighted by atomic mass is 9.91. The van der Waals surface area contributed by atoms with Gasteiger partial charge < -0.3 is 5.73 Å². The highest BCUT2D eigenvalue weighted by Gasteiger charge is 2.12. The predicted octanol–water partition coefficient (Wildman–Crippen LogP) is 2.42. The Labute approximate surface area is 73.8 Å². The average molecular weight is 164 g/mol. The highest BCUT2D eigenvalue weighted by Crippen LogP contribution is 2.26. The maximum Gasteiger partial charge on any atom is 0.126 e. The molecule has 0 saturated carbocycles. The van der Waals surface area contributed by atoms with Crippen LogP contribution in [0.1, 0.15) is 32.3 Å². The predicted molar refractivity (Wildman–Crippen MR) is 51.9 cm³/mol. The number of nitrogen functional groups attached to an aromatic ring is 1. The van der Waals surface area contributed by atoms with Crippen molar-refractivity contribution in [2.45, 2.75) is 26.7 Å². The van der Waals surface area contributed by atoms with Crippen LogP contribution >= 0.6 is 0 Å². The molecule has 2 nitrogen and oxygen atoms in total. The van der Waals surface area contributed by atoms with Gasteiger partial charge in [-0.1, -0.05) is 26.8 Å². The van der Waals surface area contributed by atoms with Crippen LogP contribution in [0.5, 0.6) is 0 Å². The smallest absolute Gasteiger partial charge is 0.126 e. The molecule has 2 N–H and O–H groups in total. The van der Waals surface area contributed by atoms with Crippen molar-refractivity contribution in [2.24, 2.45) is 5.92 Å². The Bertz CT molecular complexity index is 256. The van der Waals surface area contributed by atoms with Gasteiger partial charge in [0, 0.05) is 6.20 Å². The van der Waals surface area contributed by atoms with Crippen molar-refractivity contribution in [3.05, 3.63) is 23.9 Å². The van der Waals surface area contributed by atoms with Crippen LogP contribution in [0.25, 0.3) is 0 Å². The topological polar surface area (TPSA) is 38.9 Å². The molecule has 2 heteroatoms. The van der Waals surface area contributed by atoms with E-state index in [0.29, 0.717) is 17.7 Å². The first-order valence-electron chi connectivity index (χ1n) is 4.33. The molecule has 66 valence electrons. The standard InChI is InChI=1S/C10H16N2/c1-7(2)8(3)9-5-4-6-12-10(9)11/h4-8H,1-3H3,(H2,11,12). The summed E-state index contributed by atoms with van der Waals surface area (Å²) in [5, 5.41) is 0. The number of rotatable bonds is 2. The fourth-order valence-electron chi connectivity index (χ4n) is 1.17. The van der Waals surface area contributed by atoms with Crippen molar-refractivity contribution in [1.29, 1.82) is 0 Å². The maximum absolute atomic E-state index is 5.75. The van der Waals surface area contributed by atoms with Crippen LogP contribution in [0.2, 0.25) is 0 Å². The second kappa shape index (κ2) is 3.57. The van der Waals surface area contributed by atoms with Crippen LogP contribution in [0, 0.1) is 5.92 Å². The third-order valence-corrected chi connectivity index (χ3v) is 2.36. The van der Waals surface area contributed by atoms with Crippen LogP contribution in [0.15, 0.2) is 18.3 Å². The Kier molecular flexibility index (Phi) is 2.69. The molecular weight excluding hydrogens is 148 g/mol. The molecule has 1 heterocycles. The van der Waals surface area contributed by atoms with E-state index in [1.54, 1.807) is 6.20 Å². The van der Waals surface area contributed by atoms with E-state index < -0.39 is 0 Å². The second-order valence-corrected chi connectivity index (χ2v) is 3.51. The molecule has 1 aromatic rings. The molecule has 12 heavy (non-hydrogen) atoms. The molecule has 0 amide bonds. The van der Waals surface area contributed by atoms with Crippen LogP contribution in [-0.2, 0) is 0 Å². The first-order valence-corrected chi connectivity index (χ1v) is 4.33. The van der Waals surface area contributed by atoms with Gasteiger partial charge in [-0.05, 0) is 23.5 Å². The van der Waals surface area contributed by atoms with E-state index in [-0.39, 0.29) is 0 Å². The van der Waals surface area contributed by atoms with Gasteiger partial charge in [0.05, 0.1) is 0 Å². The van der Waals surface area contributed by atoms with Gasteiger partial charge >= 0.3 is 0 Å². The minimum absolute atomic E-state index is 0.485. The maximum atomic E-state index is 5.75. The van der Waals surface area contributed by atoms with E-state index in [0.717, 1.165) is 5.56 Å². The Balaban J connectivity index is 2.94. The Morgan fingerprint density at radius 1 is 1.33 bits per heavy atom. The van der Waals surface area contributed by atoms with Crippen LogP contribution in [0.4, 0.5) is 5.82 Å². The van der Waals surface area contributed by atoms with Crippen molar-refractivity contribution < 1.29 is 0 Å². The SMILES string of the molecule is CC(C)C(C)c1cccnc1N. The minimum atomic E-state index is 0.485. The van der Waals surface area contributed by atoms with Gasteiger partial charge in [-0.25, -0.2) is 4.98 Å². The number of nitrogens with zero attached hydrogens (tertiary/aromatic N) is 1. The largest absolute Gasteiger partial charge is 0.383 e. The van der Waals surface area contributed by atoms with Gasteiger partial charge in [-0.15, -0.1) is 0 Å². The molecule has 0 aromatic carbocycles. The zero-order chi connectivity index (χ0) is 9.14. The van der Waals surface area contributed by atoms with Gasteiger partial charge in [0.25, 0.3) is 0 Å². The molecule has 0 aliphatic heterocycles. The van der Waals surface area contributed by atoms with Crippen molar-refractivity contribution in [1.82, 2.24) is 4.98 Å². The monoisotopic (exact) mass is 164 g/mol. The lowest BCUT2D eigenvalue weighted by Crippen LogP contribution is -2.06. The quantitative estimate of drug-likeness (QED) is 0.729. The van der Waals surface area contributed by atoms with Crippen molar-refractivity contribution in [3.8, 4) is 0 Å². The van der Waals surface area contributed by atoms with Crippen LogP contribution in [0.3, 0.4) is 0 Å². The summed E-state index contributed by atoms with van der Waals surface area (Å²) in [5.74, 6) is 1.76. The van der Waals surface area contributed by atoms with Crippen molar-refractivity contribution >= 4 is 5.82 Å². The molecule has 0 radical (unpaired) electrons. The summed E-state index contributed by atoms with van der Waals surface area (Å²) in [6, 6.07) is 3.98. The average Bonchev–Trinajstić information content (AvgIpc) is 2.04. The molecule has 0 saturated heterocycles. The van der Waals surface area contributed by atoms with Gasteiger partial charge in [0.1, 0.15) is 5.82 Å². The normalized spacial score (nSPS) is 13.3. The molecule has 0 aliphatic rings. The highest BCUT2D eigenvalue weighted by molar-refractivity contribution is 5.40. The van der Waals surface area contributed by atoms with Crippen molar-refractivity contribution in [2.75, 3.05) is 5.73 Å². The van der Waals surface area contributed by atoms with Gasteiger partial charge in [-0.3, -0.25) is 0 Å². The molecule has 1 rings (SSSR count). The Hall–Kier alpha value is -1.05. The van der Waals surface area contributed by atoms with E-state index in [1.165, 1.54) is 0 Å². The first-order chi connectivity index (χ1) is 5.63. The van der Waals surface area contributed by atoms with E-state index in [1.807, 2.05) is 12.1 Å². The van der Waals surface area contributed by atoms with E-state index >= 15 is 0 Å². The third kappa shape index (κ3) is 1.76. The Morgan fingerprint density at radius 2 is 2.00 bits per heavy atom. The second-order valence-electron chi connectivity index (χ2n) is 3.51. The summed E-state index contributed by atoms with van der Waals surface area (Å²) < 4.78 is 0. The summed E-state index contributed by atoms with van der Waals surface area (Å²) in [6.07, 6.45) is 1.73. The minimum Gasteiger partial charge on any atom is -0.383 e. The fraction of sp³-hybridized carbons (Fsp3) is 0.500. The molecule has 1 unspecified atom stereocenters. The number of pyridine rings is 1. The van der Waals surface area contributed by atoms with Crippen LogP contribution < -0.4 is 5.73 Å². The van der Waals surface area contributed by atoms with Gasteiger partial charge in [0.15, 0.2) is 0 Å². The molecule has 1 aromatic heterocycles. The molecule has 0 bridgehead atoms. The number of aromatic nitrogens is 1. The summed E-state index contributed by atoms with van der Waals surface area (Å²) in [4.78, 5) is 4.06. The number of nitrogens with two attached hydrogens (primary N) is 1.